The molecule has 0 spiro atoms. The summed E-state index contributed by atoms with van der Waals surface area (Å²) in [7, 11) is 0. The zero-order valence-corrected chi connectivity index (χ0v) is 21.1. The summed E-state index contributed by atoms with van der Waals surface area (Å²) in [5.74, 6) is -1.43. The lowest BCUT2D eigenvalue weighted by atomic mass is 9.82. The normalized spacial score (nSPS) is 20.5. The second-order valence-electron chi connectivity index (χ2n) is 7.05. The van der Waals surface area contributed by atoms with Gasteiger partial charge in [-0.05, 0) is 87.9 Å². The number of halogens is 2. The number of carbonyl (C=O) groups excluding carboxylic acids is 3. The van der Waals surface area contributed by atoms with E-state index in [1.54, 1.807) is 6.92 Å². The third kappa shape index (κ3) is 4.97. The molecule has 164 valence electrons. The van der Waals surface area contributed by atoms with Crippen molar-refractivity contribution in [1.82, 2.24) is 4.90 Å². The van der Waals surface area contributed by atoms with Gasteiger partial charge in [0.1, 0.15) is 25.0 Å². The van der Waals surface area contributed by atoms with E-state index in [0.717, 1.165) is 18.3 Å². The van der Waals surface area contributed by atoms with Gasteiger partial charge in [0.05, 0.1) is 12.0 Å². The second kappa shape index (κ2) is 10.2. The molecule has 31 heavy (non-hydrogen) atoms. The summed E-state index contributed by atoms with van der Waals surface area (Å²) in [5.41, 5.74) is 1.85. The number of hydrogen-bond acceptors (Lipinski definition) is 6. The number of nitrogens with zero attached hydrogens (tertiary/aromatic N) is 1. The molecule has 1 amide bonds. The summed E-state index contributed by atoms with van der Waals surface area (Å²) in [6.07, 6.45) is 1.80. The maximum atomic E-state index is 13.0. The molecule has 7 nitrogen and oxygen atoms in total. The predicted molar refractivity (Wildman–Crippen MR) is 131 cm³/mol. The van der Waals surface area contributed by atoms with Crippen LogP contribution in [-0.4, -0.2) is 48.3 Å². The van der Waals surface area contributed by atoms with Crippen molar-refractivity contribution in [3.05, 3.63) is 61.9 Å². The fraction of sp³-hybridized carbons (Fsp3) is 0.318. The molecule has 0 saturated carbocycles. The predicted octanol–water partition coefficient (Wildman–Crippen LogP) is 4.29. The highest BCUT2D eigenvalue weighted by Crippen LogP contribution is 2.48. The smallest absolute Gasteiger partial charge is 0.457 e. The number of esters is 1. The highest BCUT2D eigenvalue weighted by atomic mass is 127. The van der Waals surface area contributed by atoms with E-state index < -0.39 is 24.1 Å². The molecule has 2 heterocycles. The van der Waals surface area contributed by atoms with Crippen LogP contribution in [0.1, 0.15) is 18.9 Å². The van der Waals surface area contributed by atoms with E-state index in [2.05, 4.69) is 58.3 Å². The first-order valence-electron chi connectivity index (χ1n) is 9.53. The topological polar surface area (TPSA) is 82.1 Å². The van der Waals surface area contributed by atoms with Crippen LogP contribution < -0.4 is 0 Å². The molecule has 1 aromatic carbocycles. The number of β-lactam (4-membered cyclic amide) rings is 1. The number of carbonyl (C=O) groups is 3. The van der Waals surface area contributed by atoms with Crippen molar-refractivity contribution >= 4 is 68.8 Å². The van der Waals surface area contributed by atoms with Gasteiger partial charge in [0.2, 0.25) is 5.91 Å². The molecule has 0 aliphatic carbocycles. The summed E-state index contributed by atoms with van der Waals surface area (Å²) >= 11 is 4.44. The van der Waals surface area contributed by atoms with Gasteiger partial charge in [-0.25, -0.2) is 9.59 Å². The third-order valence-corrected chi connectivity index (χ3v) is 6.30. The van der Waals surface area contributed by atoms with E-state index in [-0.39, 0.29) is 30.9 Å². The first-order chi connectivity index (χ1) is 14.8. The summed E-state index contributed by atoms with van der Waals surface area (Å²) in [4.78, 5) is 39.1. The van der Waals surface area contributed by atoms with Gasteiger partial charge in [-0.1, -0.05) is 25.3 Å². The van der Waals surface area contributed by atoms with E-state index in [1.165, 1.54) is 17.1 Å². The number of benzene rings is 1. The zero-order chi connectivity index (χ0) is 22.7. The Morgan fingerprint density at radius 1 is 1.16 bits per heavy atom. The Balaban J connectivity index is 1.88. The van der Waals surface area contributed by atoms with Gasteiger partial charge in [0.15, 0.2) is 0 Å². The van der Waals surface area contributed by atoms with Crippen molar-refractivity contribution in [2.75, 3.05) is 13.2 Å². The molecule has 0 bridgehead atoms. The van der Waals surface area contributed by atoms with Crippen molar-refractivity contribution in [3.63, 3.8) is 0 Å². The molecule has 0 aromatic heterocycles. The van der Waals surface area contributed by atoms with Crippen molar-refractivity contribution in [3.8, 4) is 0 Å². The van der Waals surface area contributed by atoms with E-state index in [9.17, 15) is 14.4 Å². The first kappa shape index (κ1) is 23.8. The van der Waals surface area contributed by atoms with Crippen LogP contribution in [0.2, 0.25) is 0 Å². The lowest BCUT2D eigenvalue weighted by Crippen LogP contribution is -2.62. The Hall–Kier alpha value is -1.89. The highest BCUT2D eigenvalue weighted by Gasteiger charge is 2.58. The van der Waals surface area contributed by atoms with Gasteiger partial charge >= 0.3 is 12.1 Å². The minimum Gasteiger partial charge on any atom is -0.457 e. The Bertz CT molecular complexity index is 952. The van der Waals surface area contributed by atoms with Crippen molar-refractivity contribution in [2.24, 2.45) is 5.92 Å². The van der Waals surface area contributed by atoms with Gasteiger partial charge in [-0.2, -0.15) is 0 Å². The van der Waals surface area contributed by atoms with Crippen LogP contribution in [0.25, 0.3) is 5.57 Å². The second-order valence-corrected chi connectivity index (χ2v) is 9.54. The standard InChI is InChI=1S/C22H21I2NO6/c1-4-6-29-21(27)19-16(13-8-14(23)10-15(24)9-13)11-17-18(20(26)25(17)19)12(3)31-22(28)30-7-5-2/h4-5,8-10,12,17-18H,1-2,6-7,11H2,3H3/t12-,17-,18-/m1/s1. The molecule has 0 N–H and O–H groups in total. The fourth-order valence-electron chi connectivity index (χ4n) is 3.82. The Morgan fingerprint density at radius 3 is 2.39 bits per heavy atom. The molecule has 3 rings (SSSR count). The average Bonchev–Trinajstić information content (AvgIpc) is 3.05. The van der Waals surface area contributed by atoms with Crippen LogP contribution in [0, 0.1) is 13.1 Å². The van der Waals surface area contributed by atoms with Gasteiger partial charge in [0.25, 0.3) is 0 Å². The Kier molecular flexibility index (Phi) is 7.78. The minimum absolute atomic E-state index is 0.0238. The largest absolute Gasteiger partial charge is 0.508 e. The molecule has 3 atom stereocenters. The molecule has 1 aromatic rings. The fourth-order valence-corrected chi connectivity index (χ4v) is 5.76. The average molecular weight is 649 g/mol. The highest BCUT2D eigenvalue weighted by molar-refractivity contribution is 14.1. The molecule has 0 radical (unpaired) electrons. The Morgan fingerprint density at radius 2 is 1.77 bits per heavy atom. The molecular formula is C22H21I2NO6. The number of fused-ring (bicyclic) bond motifs is 1. The van der Waals surface area contributed by atoms with Gasteiger partial charge < -0.3 is 19.1 Å². The van der Waals surface area contributed by atoms with Crippen LogP contribution in [0.5, 0.6) is 0 Å². The van der Waals surface area contributed by atoms with Crippen molar-refractivity contribution < 1.29 is 28.6 Å². The number of ether oxygens (including phenoxy) is 3. The molecule has 1 fully saturated rings. The SMILES string of the molecule is C=CCOC(=O)O[C@H](C)[C@H]1C(=O)N2C(C(=O)OCC=C)=C(c3cc(I)cc(I)c3)C[C@H]12. The van der Waals surface area contributed by atoms with Crippen LogP contribution in [-0.2, 0) is 23.8 Å². The maximum absolute atomic E-state index is 13.0. The van der Waals surface area contributed by atoms with E-state index in [0.29, 0.717) is 6.42 Å². The van der Waals surface area contributed by atoms with Crippen molar-refractivity contribution in [2.45, 2.75) is 25.5 Å². The number of rotatable bonds is 8. The molecule has 1 saturated heterocycles. The summed E-state index contributed by atoms with van der Waals surface area (Å²) in [5, 5.41) is 0. The summed E-state index contributed by atoms with van der Waals surface area (Å²) in [6, 6.07) is 5.66. The molecule has 9 heteroatoms. The van der Waals surface area contributed by atoms with Crippen LogP contribution in [0.15, 0.2) is 49.2 Å². The lowest BCUT2D eigenvalue weighted by molar-refractivity contribution is -0.162. The lowest BCUT2D eigenvalue weighted by Gasteiger charge is -2.45. The maximum Gasteiger partial charge on any atom is 0.508 e. The minimum atomic E-state index is -0.859. The quantitative estimate of drug-likeness (QED) is 0.181. The van der Waals surface area contributed by atoms with Crippen LogP contribution in [0.3, 0.4) is 0 Å². The van der Waals surface area contributed by atoms with E-state index >= 15 is 0 Å². The van der Waals surface area contributed by atoms with Crippen molar-refractivity contribution in [1.29, 1.82) is 0 Å². The zero-order valence-electron chi connectivity index (χ0n) is 16.8. The number of hydrogen-bond donors (Lipinski definition) is 0. The molecule has 0 unspecified atom stereocenters. The van der Waals surface area contributed by atoms with E-state index in [4.69, 9.17) is 14.2 Å². The van der Waals surface area contributed by atoms with Crippen LogP contribution in [0.4, 0.5) is 4.79 Å². The van der Waals surface area contributed by atoms with E-state index in [1.807, 2.05) is 18.2 Å². The number of amides is 1. The van der Waals surface area contributed by atoms with Crippen LogP contribution >= 0.6 is 45.2 Å². The molecule has 2 aliphatic rings. The molecular weight excluding hydrogens is 628 g/mol. The summed E-state index contributed by atoms with van der Waals surface area (Å²) < 4.78 is 17.4. The van der Waals surface area contributed by atoms with Gasteiger partial charge in [-0.15, -0.1) is 0 Å². The first-order valence-corrected chi connectivity index (χ1v) is 11.7. The third-order valence-electron chi connectivity index (χ3n) is 5.05. The monoisotopic (exact) mass is 649 g/mol. The Labute approximate surface area is 207 Å². The van der Waals surface area contributed by atoms with Gasteiger partial charge in [-0.3, -0.25) is 4.79 Å². The molecule has 2 aliphatic heterocycles. The van der Waals surface area contributed by atoms with Gasteiger partial charge in [0, 0.05) is 7.14 Å². The summed E-state index contributed by atoms with van der Waals surface area (Å²) in [6.45, 7) is 8.76.